The minimum atomic E-state index is -3.73. The molecule has 2 aliphatic heterocycles. The van der Waals surface area contributed by atoms with Crippen LogP contribution in [0.15, 0.2) is 47.4 Å². The van der Waals surface area contributed by atoms with Crippen LogP contribution in [0.4, 0.5) is 5.69 Å². The van der Waals surface area contributed by atoms with Crippen LogP contribution in [0.2, 0.25) is 5.02 Å². The lowest BCUT2D eigenvalue weighted by atomic mass is 10.1. The number of hydrogen-bond acceptors (Lipinski definition) is 4. The largest absolute Gasteiger partial charge is 0.368 e. The Morgan fingerprint density at radius 1 is 0.875 bits per heavy atom. The lowest BCUT2D eigenvalue weighted by Gasteiger charge is -2.37. The zero-order valence-electron chi connectivity index (χ0n) is 18.5. The minimum absolute atomic E-state index is 0.0328. The zero-order valence-corrected chi connectivity index (χ0v) is 20.0. The van der Waals surface area contributed by atoms with Gasteiger partial charge in [0, 0.05) is 50.5 Å². The molecule has 0 saturated carbocycles. The number of piperazine rings is 1. The maximum absolute atomic E-state index is 13.3. The van der Waals surface area contributed by atoms with Crippen LogP contribution in [0.3, 0.4) is 0 Å². The first-order valence-corrected chi connectivity index (χ1v) is 13.1. The van der Waals surface area contributed by atoms with Gasteiger partial charge in [0.2, 0.25) is 10.0 Å². The Morgan fingerprint density at radius 3 is 2.19 bits per heavy atom. The predicted molar refractivity (Wildman–Crippen MR) is 128 cm³/mol. The number of carbonyl (C=O) groups is 1. The average Bonchev–Trinajstić information content (AvgIpc) is 3.10. The molecule has 0 bridgehead atoms. The van der Waals surface area contributed by atoms with Crippen molar-refractivity contribution in [3.05, 3.63) is 58.6 Å². The number of hydrogen-bond donors (Lipinski definition) is 0. The lowest BCUT2D eigenvalue weighted by Crippen LogP contribution is -2.49. The Balaban J connectivity index is 1.50. The smallest absolute Gasteiger partial charge is 0.254 e. The quantitative estimate of drug-likeness (QED) is 0.665. The summed E-state index contributed by atoms with van der Waals surface area (Å²) in [6.45, 7) is 5.74. The number of carbonyl (C=O) groups excluding carboxylic acids is 1. The molecule has 4 rings (SSSR count). The SMILES string of the molecule is Cc1ccccc1N1CCN(C(=O)c2ccc(Cl)c(S(=O)(=O)N3CCCCCC3)c2)CC1. The molecule has 2 aliphatic rings. The van der Waals surface area contributed by atoms with Gasteiger partial charge in [0.05, 0.1) is 5.02 Å². The van der Waals surface area contributed by atoms with Gasteiger partial charge in [-0.3, -0.25) is 4.79 Å². The highest BCUT2D eigenvalue weighted by Gasteiger charge is 2.29. The normalized spacial score (nSPS) is 18.4. The van der Waals surface area contributed by atoms with Crippen molar-refractivity contribution in [3.8, 4) is 0 Å². The van der Waals surface area contributed by atoms with Crippen LogP contribution in [-0.4, -0.2) is 62.8 Å². The first-order valence-electron chi connectivity index (χ1n) is 11.3. The van der Waals surface area contributed by atoms with Gasteiger partial charge in [-0.05, 0) is 49.6 Å². The number of sulfonamides is 1. The Bertz CT molecular complexity index is 1070. The van der Waals surface area contributed by atoms with Crippen LogP contribution in [-0.2, 0) is 10.0 Å². The van der Waals surface area contributed by atoms with Crippen LogP contribution in [0, 0.1) is 6.92 Å². The predicted octanol–water partition coefficient (Wildman–Crippen LogP) is 4.18. The number of benzene rings is 2. The summed E-state index contributed by atoms with van der Waals surface area (Å²) in [6, 6.07) is 12.9. The molecule has 2 fully saturated rings. The first-order chi connectivity index (χ1) is 15.4. The molecule has 2 saturated heterocycles. The van der Waals surface area contributed by atoms with E-state index in [2.05, 4.69) is 24.0 Å². The van der Waals surface area contributed by atoms with Crippen molar-refractivity contribution in [2.24, 2.45) is 0 Å². The van der Waals surface area contributed by atoms with E-state index in [9.17, 15) is 13.2 Å². The highest BCUT2D eigenvalue weighted by atomic mass is 35.5. The summed E-state index contributed by atoms with van der Waals surface area (Å²) in [7, 11) is -3.73. The van der Waals surface area contributed by atoms with Gasteiger partial charge in [0.25, 0.3) is 5.91 Å². The molecule has 2 heterocycles. The summed E-state index contributed by atoms with van der Waals surface area (Å²) in [5, 5.41) is 0.162. The summed E-state index contributed by atoms with van der Waals surface area (Å²) < 4.78 is 28.0. The van der Waals surface area contributed by atoms with Gasteiger partial charge in [-0.2, -0.15) is 4.31 Å². The van der Waals surface area contributed by atoms with Crippen LogP contribution >= 0.6 is 11.6 Å². The van der Waals surface area contributed by atoms with Gasteiger partial charge in [-0.1, -0.05) is 42.6 Å². The lowest BCUT2D eigenvalue weighted by molar-refractivity contribution is 0.0746. The van der Waals surface area contributed by atoms with E-state index in [0.29, 0.717) is 31.7 Å². The Hall–Kier alpha value is -2.09. The molecule has 8 heteroatoms. The maximum atomic E-state index is 13.3. The van der Waals surface area contributed by atoms with Crippen LogP contribution in [0.25, 0.3) is 0 Å². The second kappa shape index (κ2) is 9.81. The molecule has 0 unspecified atom stereocenters. The Morgan fingerprint density at radius 2 is 1.53 bits per heavy atom. The van der Waals surface area contributed by atoms with Gasteiger partial charge in [0.1, 0.15) is 4.90 Å². The molecular formula is C24H30ClN3O3S. The van der Waals surface area contributed by atoms with Crippen LogP contribution < -0.4 is 4.90 Å². The molecule has 172 valence electrons. The molecule has 0 spiro atoms. The second-order valence-corrected chi connectivity index (χ2v) is 10.8. The molecule has 1 amide bonds. The number of para-hydroxylation sites is 1. The second-order valence-electron chi connectivity index (χ2n) is 8.53. The number of amides is 1. The number of anilines is 1. The van der Waals surface area contributed by atoms with E-state index < -0.39 is 10.0 Å². The number of halogens is 1. The summed E-state index contributed by atoms with van der Waals surface area (Å²) >= 11 is 6.30. The van der Waals surface area contributed by atoms with E-state index in [-0.39, 0.29) is 15.8 Å². The highest BCUT2D eigenvalue weighted by molar-refractivity contribution is 7.89. The molecular weight excluding hydrogens is 446 g/mol. The van der Waals surface area contributed by atoms with Crippen LogP contribution in [0.1, 0.15) is 41.6 Å². The van der Waals surface area contributed by atoms with Gasteiger partial charge < -0.3 is 9.80 Å². The maximum Gasteiger partial charge on any atom is 0.254 e. The van der Waals surface area contributed by atoms with E-state index in [4.69, 9.17) is 11.6 Å². The topological polar surface area (TPSA) is 60.9 Å². The fraction of sp³-hybridized carbons (Fsp3) is 0.458. The summed E-state index contributed by atoms with van der Waals surface area (Å²) in [6.07, 6.45) is 3.76. The van der Waals surface area contributed by atoms with Crippen molar-refractivity contribution in [1.29, 1.82) is 0 Å². The number of rotatable bonds is 4. The van der Waals surface area contributed by atoms with Gasteiger partial charge in [0.15, 0.2) is 0 Å². The van der Waals surface area contributed by atoms with Crippen molar-refractivity contribution in [1.82, 2.24) is 9.21 Å². The van der Waals surface area contributed by atoms with Gasteiger partial charge in [-0.25, -0.2) is 8.42 Å². The van der Waals surface area contributed by atoms with Crippen molar-refractivity contribution in [3.63, 3.8) is 0 Å². The van der Waals surface area contributed by atoms with E-state index >= 15 is 0 Å². The number of nitrogens with zero attached hydrogens (tertiary/aromatic N) is 3. The van der Waals surface area contributed by atoms with Crippen molar-refractivity contribution >= 4 is 33.2 Å². The molecule has 0 radical (unpaired) electrons. The molecule has 0 atom stereocenters. The summed E-state index contributed by atoms with van der Waals surface area (Å²) in [5.74, 6) is -0.154. The van der Waals surface area contributed by atoms with Crippen LogP contribution in [0.5, 0.6) is 0 Å². The van der Waals surface area contributed by atoms with E-state index in [0.717, 1.165) is 38.8 Å². The monoisotopic (exact) mass is 475 g/mol. The molecule has 2 aromatic carbocycles. The van der Waals surface area contributed by atoms with Gasteiger partial charge >= 0.3 is 0 Å². The van der Waals surface area contributed by atoms with E-state index in [1.165, 1.54) is 27.7 Å². The molecule has 32 heavy (non-hydrogen) atoms. The fourth-order valence-corrected chi connectivity index (χ4v) is 6.52. The Labute approximate surface area is 195 Å². The van der Waals surface area contributed by atoms with E-state index in [1.807, 2.05) is 12.1 Å². The Kier molecular flexibility index (Phi) is 7.08. The standard InChI is InChI=1S/C24H30ClN3O3S/c1-19-8-4-5-9-22(19)26-14-16-27(17-15-26)24(29)20-10-11-21(25)23(18-20)32(30,31)28-12-6-2-3-7-13-28/h4-5,8-11,18H,2-3,6-7,12-17H2,1H3. The van der Waals surface area contributed by atoms with Crippen molar-refractivity contribution in [2.45, 2.75) is 37.5 Å². The zero-order chi connectivity index (χ0) is 22.7. The third kappa shape index (κ3) is 4.80. The molecule has 0 N–H and O–H groups in total. The van der Waals surface area contributed by atoms with Crippen molar-refractivity contribution in [2.75, 3.05) is 44.2 Å². The van der Waals surface area contributed by atoms with E-state index in [1.54, 1.807) is 11.0 Å². The minimum Gasteiger partial charge on any atom is -0.368 e. The highest BCUT2D eigenvalue weighted by Crippen LogP contribution is 2.28. The fourth-order valence-electron chi connectivity index (χ4n) is 4.51. The molecule has 0 aliphatic carbocycles. The van der Waals surface area contributed by atoms with Crippen molar-refractivity contribution < 1.29 is 13.2 Å². The molecule has 0 aromatic heterocycles. The number of aryl methyl sites for hydroxylation is 1. The third-order valence-corrected chi connectivity index (χ3v) is 8.76. The molecule has 6 nitrogen and oxygen atoms in total. The third-order valence-electron chi connectivity index (χ3n) is 6.38. The van der Waals surface area contributed by atoms with Gasteiger partial charge in [-0.15, -0.1) is 0 Å². The summed E-state index contributed by atoms with van der Waals surface area (Å²) in [5.41, 5.74) is 2.78. The first kappa shape index (κ1) is 23.1. The molecule has 2 aromatic rings. The summed E-state index contributed by atoms with van der Waals surface area (Å²) in [4.78, 5) is 17.3. The average molecular weight is 476 g/mol.